The van der Waals surface area contributed by atoms with Crippen molar-refractivity contribution in [3.05, 3.63) is 79.9 Å². The van der Waals surface area contributed by atoms with Gasteiger partial charge in [-0.25, -0.2) is 4.99 Å². The van der Waals surface area contributed by atoms with E-state index in [1.807, 2.05) is 0 Å². The van der Waals surface area contributed by atoms with Crippen molar-refractivity contribution in [2.45, 2.75) is 0 Å². The van der Waals surface area contributed by atoms with E-state index in [4.69, 9.17) is 0 Å². The molecule has 0 atom stereocenters. The monoisotopic (exact) mass is 397 g/mol. The van der Waals surface area contributed by atoms with E-state index in [0.717, 1.165) is 11.3 Å². The van der Waals surface area contributed by atoms with Crippen molar-refractivity contribution in [2.75, 3.05) is 5.43 Å². The molecule has 0 saturated heterocycles. The van der Waals surface area contributed by atoms with Crippen LogP contribution in [-0.4, -0.2) is 32.5 Å². The van der Waals surface area contributed by atoms with E-state index in [0.29, 0.717) is 21.4 Å². The highest BCUT2D eigenvalue weighted by Gasteiger charge is 2.06. The van der Waals surface area contributed by atoms with Gasteiger partial charge in [0.05, 0.1) is 16.1 Å². The minimum Gasteiger partial charge on any atom is -0.258 e. The van der Waals surface area contributed by atoms with E-state index in [9.17, 15) is 20.2 Å². The lowest BCUT2D eigenvalue weighted by atomic mass is 10.2. The van der Waals surface area contributed by atoms with Crippen LogP contribution in [0.4, 0.5) is 21.6 Å². The maximum absolute atomic E-state index is 10.8. The molecule has 1 heterocycles. The zero-order valence-corrected chi connectivity index (χ0v) is 14.8. The fraction of sp³-hybridized carbons (Fsp3) is 0. The summed E-state index contributed by atoms with van der Waals surface area (Å²) >= 11 is 1.12. The van der Waals surface area contributed by atoms with E-state index in [1.165, 1.54) is 36.7 Å². The average molecular weight is 397 g/mol. The molecule has 0 aliphatic heterocycles. The zero-order valence-electron chi connectivity index (χ0n) is 14.0. The molecule has 0 saturated carbocycles. The summed E-state index contributed by atoms with van der Waals surface area (Å²) in [5.74, 6) is 0. The number of non-ortho nitro benzene ring substituents is 2. The van der Waals surface area contributed by atoms with Crippen LogP contribution in [-0.2, 0) is 0 Å². The lowest BCUT2D eigenvalue weighted by Crippen LogP contribution is -1.92. The Morgan fingerprint density at radius 3 is 2.14 bits per heavy atom. The van der Waals surface area contributed by atoms with E-state index in [1.54, 1.807) is 24.3 Å². The minimum absolute atomic E-state index is 0.0287. The summed E-state index contributed by atoms with van der Waals surface area (Å²) in [6, 6.07) is 12.0. The average Bonchev–Trinajstić information content (AvgIpc) is 3.14. The van der Waals surface area contributed by atoms with Crippen LogP contribution in [0.2, 0.25) is 0 Å². The summed E-state index contributed by atoms with van der Waals surface area (Å²) in [4.78, 5) is 24.7. The largest absolute Gasteiger partial charge is 0.270 e. The zero-order chi connectivity index (χ0) is 19.9. The number of nitrogens with one attached hydrogen (secondary N) is 1. The SMILES string of the molecule is O=[N+]([O-])c1cccc(C=NNc2nnc(N=Cc3cccc([N+](=O)[O-])c3)s2)c1. The van der Waals surface area contributed by atoms with Crippen LogP contribution >= 0.6 is 11.3 Å². The van der Waals surface area contributed by atoms with Crippen molar-refractivity contribution in [1.82, 2.24) is 10.2 Å². The number of rotatable bonds is 7. The second-order valence-electron chi connectivity index (χ2n) is 5.22. The van der Waals surface area contributed by atoms with Crippen LogP contribution in [0.3, 0.4) is 0 Å². The molecule has 11 nitrogen and oxygen atoms in total. The molecule has 28 heavy (non-hydrogen) atoms. The molecule has 0 spiro atoms. The Bertz CT molecular complexity index is 1080. The number of nitro groups is 2. The number of aromatic nitrogens is 2. The van der Waals surface area contributed by atoms with Crippen LogP contribution in [0.5, 0.6) is 0 Å². The molecule has 0 radical (unpaired) electrons. The van der Waals surface area contributed by atoms with Gasteiger partial charge in [0, 0.05) is 36.0 Å². The van der Waals surface area contributed by atoms with Crippen molar-refractivity contribution in [2.24, 2.45) is 10.1 Å². The van der Waals surface area contributed by atoms with Gasteiger partial charge >= 0.3 is 0 Å². The predicted molar refractivity (Wildman–Crippen MR) is 105 cm³/mol. The van der Waals surface area contributed by atoms with Gasteiger partial charge in [0.1, 0.15) is 0 Å². The molecule has 0 amide bonds. The van der Waals surface area contributed by atoms with Gasteiger partial charge in [-0.15, -0.1) is 10.2 Å². The second kappa shape index (κ2) is 8.55. The van der Waals surface area contributed by atoms with Gasteiger partial charge in [-0.2, -0.15) is 5.10 Å². The number of nitro benzene ring substituents is 2. The molecule has 2 aromatic carbocycles. The van der Waals surface area contributed by atoms with E-state index in [2.05, 4.69) is 25.7 Å². The molecule has 12 heteroatoms. The Morgan fingerprint density at radius 2 is 1.54 bits per heavy atom. The molecule has 0 bridgehead atoms. The van der Waals surface area contributed by atoms with Crippen molar-refractivity contribution in [3.63, 3.8) is 0 Å². The maximum atomic E-state index is 10.8. The predicted octanol–water partition coefficient (Wildman–Crippen LogP) is 3.55. The van der Waals surface area contributed by atoms with E-state index >= 15 is 0 Å². The molecule has 140 valence electrons. The second-order valence-corrected chi connectivity index (χ2v) is 6.18. The number of hydrogen-bond donors (Lipinski definition) is 1. The number of anilines is 1. The highest BCUT2D eigenvalue weighted by atomic mass is 32.1. The third-order valence-corrected chi connectivity index (χ3v) is 4.01. The molecule has 0 aliphatic carbocycles. The molecule has 0 unspecified atom stereocenters. The Hall–Kier alpha value is -4.06. The summed E-state index contributed by atoms with van der Waals surface area (Å²) < 4.78 is 0. The normalized spacial score (nSPS) is 11.1. The third-order valence-electron chi connectivity index (χ3n) is 3.27. The number of hydrogen-bond acceptors (Lipinski definition) is 10. The van der Waals surface area contributed by atoms with Gasteiger partial charge < -0.3 is 0 Å². The molecule has 3 rings (SSSR count). The minimum atomic E-state index is -0.485. The van der Waals surface area contributed by atoms with E-state index in [-0.39, 0.29) is 11.4 Å². The van der Waals surface area contributed by atoms with Crippen molar-refractivity contribution in [3.8, 4) is 0 Å². The first-order valence-electron chi connectivity index (χ1n) is 7.67. The highest BCUT2D eigenvalue weighted by Crippen LogP contribution is 2.23. The quantitative estimate of drug-likeness (QED) is 0.364. The smallest absolute Gasteiger partial charge is 0.258 e. The molecule has 1 N–H and O–H groups in total. The summed E-state index contributed by atoms with van der Waals surface area (Å²) in [5.41, 5.74) is 3.72. The van der Waals surface area contributed by atoms with Gasteiger partial charge in [-0.05, 0) is 5.56 Å². The number of benzene rings is 2. The van der Waals surface area contributed by atoms with Crippen molar-refractivity contribution < 1.29 is 9.85 Å². The Balaban J connectivity index is 1.63. The summed E-state index contributed by atoms with van der Waals surface area (Å²) in [6.45, 7) is 0. The molecule has 0 aliphatic rings. The maximum Gasteiger partial charge on any atom is 0.270 e. The summed E-state index contributed by atoms with van der Waals surface area (Å²) in [7, 11) is 0. The summed E-state index contributed by atoms with van der Waals surface area (Å²) in [6.07, 6.45) is 2.87. The lowest BCUT2D eigenvalue weighted by Gasteiger charge is -1.94. The number of hydrazone groups is 1. The fourth-order valence-electron chi connectivity index (χ4n) is 2.04. The van der Waals surface area contributed by atoms with Gasteiger partial charge in [0.25, 0.3) is 11.4 Å². The van der Waals surface area contributed by atoms with Crippen LogP contribution in [0, 0.1) is 20.2 Å². The third kappa shape index (κ3) is 4.98. The fourth-order valence-corrected chi connectivity index (χ4v) is 2.58. The molecule has 3 aromatic rings. The van der Waals surface area contributed by atoms with Crippen molar-refractivity contribution >= 4 is 45.4 Å². The van der Waals surface area contributed by atoms with E-state index < -0.39 is 9.85 Å². The highest BCUT2D eigenvalue weighted by molar-refractivity contribution is 7.18. The van der Waals surface area contributed by atoms with Gasteiger partial charge in [-0.1, -0.05) is 35.6 Å². The Morgan fingerprint density at radius 1 is 0.929 bits per heavy atom. The molecule has 1 aromatic heterocycles. The Labute approximate surface area is 161 Å². The first-order valence-corrected chi connectivity index (χ1v) is 8.48. The van der Waals surface area contributed by atoms with Gasteiger partial charge in [-0.3, -0.25) is 25.7 Å². The van der Waals surface area contributed by atoms with Crippen LogP contribution in [0.1, 0.15) is 11.1 Å². The summed E-state index contributed by atoms with van der Waals surface area (Å²) in [5, 5.41) is 33.9. The van der Waals surface area contributed by atoms with Crippen LogP contribution < -0.4 is 5.43 Å². The number of nitrogens with zero attached hydrogens (tertiary/aromatic N) is 6. The van der Waals surface area contributed by atoms with Gasteiger partial charge in [0.2, 0.25) is 10.3 Å². The first kappa shape index (κ1) is 18.7. The topological polar surface area (TPSA) is 149 Å². The Kier molecular flexibility index (Phi) is 5.72. The lowest BCUT2D eigenvalue weighted by molar-refractivity contribution is -0.385. The van der Waals surface area contributed by atoms with Crippen molar-refractivity contribution in [1.29, 1.82) is 0 Å². The molecule has 0 fully saturated rings. The standard InChI is InChI=1S/C16H11N7O4S/c24-22(25)13-5-1-3-11(7-13)9-17-15-20-21-16(28-15)19-18-10-12-4-2-6-14(8-12)23(26)27/h1-10H,(H,19,21). The molecular formula is C16H11N7O4S. The molecular weight excluding hydrogens is 386 g/mol. The first-order chi connectivity index (χ1) is 13.5. The van der Waals surface area contributed by atoms with Gasteiger partial charge in [0.15, 0.2) is 0 Å². The van der Waals surface area contributed by atoms with Crippen LogP contribution in [0.25, 0.3) is 0 Å². The van der Waals surface area contributed by atoms with Crippen LogP contribution in [0.15, 0.2) is 58.6 Å². The number of aliphatic imine (C=N–C) groups is 1.